The van der Waals surface area contributed by atoms with Gasteiger partial charge >= 0.3 is 0 Å². The van der Waals surface area contributed by atoms with E-state index in [1.54, 1.807) is 0 Å². The Morgan fingerprint density at radius 3 is 2.60 bits per heavy atom. The van der Waals surface area contributed by atoms with E-state index < -0.39 is 0 Å². The second kappa shape index (κ2) is 6.90. The zero-order chi connectivity index (χ0) is 14.7. The largest absolute Gasteiger partial charge is 0.350 e. The molecule has 1 saturated carbocycles. The Kier molecular flexibility index (Phi) is 5.44. The molecular weight excluding hydrogens is 250 g/mol. The Morgan fingerprint density at radius 2 is 2.00 bits per heavy atom. The molecule has 20 heavy (non-hydrogen) atoms. The van der Waals surface area contributed by atoms with Crippen molar-refractivity contribution in [2.75, 3.05) is 20.6 Å². The van der Waals surface area contributed by atoms with Gasteiger partial charge < -0.3 is 15.5 Å². The van der Waals surface area contributed by atoms with Crippen molar-refractivity contribution in [2.24, 2.45) is 11.8 Å². The number of nitrogens with zero attached hydrogens (tertiary/aromatic N) is 1. The van der Waals surface area contributed by atoms with Crippen LogP contribution in [0.4, 0.5) is 0 Å². The summed E-state index contributed by atoms with van der Waals surface area (Å²) in [5.41, 5.74) is 0. The maximum absolute atomic E-state index is 12.5. The first-order chi connectivity index (χ1) is 9.47. The number of carbonyl (C=O) groups excluding carboxylic acids is 1. The fraction of sp³-hybridized carbons (Fsp3) is 0.938. The van der Waals surface area contributed by atoms with Crippen LogP contribution in [-0.4, -0.2) is 49.6 Å². The minimum absolute atomic E-state index is 0.0338. The average Bonchev–Trinajstić information content (AvgIpc) is 2.81. The number of carbonyl (C=O) groups is 1. The summed E-state index contributed by atoms with van der Waals surface area (Å²) < 4.78 is 0. The van der Waals surface area contributed by atoms with Gasteiger partial charge in [-0.15, -0.1) is 0 Å². The van der Waals surface area contributed by atoms with Crippen molar-refractivity contribution in [3.05, 3.63) is 0 Å². The molecule has 0 radical (unpaired) electrons. The van der Waals surface area contributed by atoms with Gasteiger partial charge in [0.2, 0.25) is 5.91 Å². The van der Waals surface area contributed by atoms with Crippen molar-refractivity contribution in [1.29, 1.82) is 0 Å². The second-order valence-corrected chi connectivity index (χ2v) is 7.23. The SMILES string of the molecule is CC(C)C(CN(C)C)NC(=O)C1CC2CCCCC2N1. The molecule has 1 aliphatic heterocycles. The summed E-state index contributed by atoms with van der Waals surface area (Å²) in [5.74, 6) is 1.40. The van der Waals surface area contributed by atoms with Crippen molar-refractivity contribution in [3.8, 4) is 0 Å². The first-order valence-corrected chi connectivity index (χ1v) is 8.18. The lowest BCUT2D eigenvalue weighted by Crippen LogP contribution is -2.51. The number of nitrogens with one attached hydrogen (secondary N) is 2. The fourth-order valence-electron chi connectivity index (χ4n) is 3.62. The summed E-state index contributed by atoms with van der Waals surface area (Å²) >= 11 is 0. The third-order valence-electron chi connectivity index (χ3n) is 4.87. The van der Waals surface area contributed by atoms with Crippen molar-refractivity contribution < 1.29 is 4.79 Å². The molecular formula is C16H31N3O. The molecule has 0 aromatic rings. The van der Waals surface area contributed by atoms with E-state index in [-0.39, 0.29) is 18.0 Å². The van der Waals surface area contributed by atoms with Gasteiger partial charge in [0.05, 0.1) is 6.04 Å². The second-order valence-electron chi connectivity index (χ2n) is 7.23. The van der Waals surface area contributed by atoms with Crippen LogP contribution in [-0.2, 0) is 4.79 Å². The highest BCUT2D eigenvalue weighted by atomic mass is 16.2. The van der Waals surface area contributed by atoms with Gasteiger partial charge in [-0.05, 0) is 45.2 Å². The van der Waals surface area contributed by atoms with Crippen LogP contribution in [0.25, 0.3) is 0 Å². The molecule has 4 heteroatoms. The summed E-state index contributed by atoms with van der Waals surface area (Å²) in [6, 6.07) is 0.860. The maximum atomic E-state index is 12.5. The molecule has 4 nitrogen and oxygen atoms in total. The monoisotopic (exact) mass is 281 g/mol. The smallest absolute Gasteiger partial charge is 0.237 e. The minimum Gasteiger partial charge on any atom is -0.350 e. The highest BCUT2D eigenvalue weighted by molar-refractivity contribution is 5.82. The Hall–Kier alpha value is -0.610. The van der Waals surface area contributed by atoms with Crippen LogP contribution >= 0.6 is 0 Å². The highest BCUT2D eigenvalue weighted by Gasteiger charge is 2.38. The van der Waals surface area contributed by atoms with E-state index in [2.05, 4.69) is 43.5 Å². The number of amides is 1. The lowest BCUT2D eigenvalue weighted by molar-refractivity contribution is -0.124. The van der Waals surface area contributed by atoms with Crippen LogP contribution in [0.2, 0.25) is 0 Å². The molecule has 2 rings (SSSR count). The molecule has 1 aliphatic carbocycles. The molecule has 2 aliphatic rings. The molecule has 2 N–H and O–H groups in total. The van der Waals surface area contributed by atoms with Crippen LogP contribution in [0, 0.1) is 11.8 Å². The van der Waals surface area contributed by atoms with Crippen LogP contribution in [0.1, 0.15) is 46.0 Å². The molecule has 0 spiro atoms. The Labute approximate surface area is 123 Å². The van der Waals surface area contributed by atoms with Gasteiger partial charge in [0.25, 0.3) is 0 Å². The van der Waals surface area contributed by atoms with Crippen LogP contribution < -0.4 is 10.6 Å². The number of hydrogen-bond acceptors (Lipinski definition) is 3. The third-order valence-corrected chi connectivity index (χ3v) is 4.87. The molecule has 2 fully saturated rings. The summed E-state index contributed by atoms with van der Waals surface area (Å²) in [5, 5.41) is 6.82. The Bertz CT molecular complexity index is 316. The predicted octanol–water partition coefficient (Wildman–Crippen LogP) is 1.61. The normalized spacial score (nSPS) is 31.4. The van der Waals surface area contributed by atoms with Crippen molar-refractivity contribution in [1.82, 2.24) is 15.5 Å². The number of fused-ring (bicyclic) bond motifs is 1. The number of likely N-dealkylation sites (N-methyl/N-ethyl adjacent to an activating group) is 1. The summed E-state index contributed by atoms with van der Waals surface area (Å²) in [4.78, 5) is 14.6. The number of hydrogen-bond donors (Lipinski definition) is 2. The number of rotatable bonds is 5. The van der Waals surface area contributed by atoms with Gasteiger partial charge in [-0.2, -0.15) is 0 Å². The predicted molar refractivity (Wildman–Crippen MR) is 82.6 cm³/mol. The van der Waals surface area contributed by atoms with E-state index in [9.17, 15) is 4.79 Å². The topological polar surface area (TPSA) is 44.4 Å². The van der Waals surface area contributed by atoms with E-state index in [0.29, 0.717) is 12.0 Å². The molecule has 1 saturated heterocycles. The van der Waals surface area contributed by atoms with Crippen molar-refractivity contribution >= 4 is 5.91 Å². The van der Waals surface area contributed by atoms with Crippen LogP contribution in [0.15, 0.2) is 0 Å². The van der Waals surface area contributed by atoms with Crippen LogP contribution in [0.5, 0.6) is 0 Å². The highest BCUT2D eigenvalue weighted by Crippen LogP contribution is 2.33. The quantitative estimate of drug-likeness (QED) is 0.805. The zero-order valence-corrected chi connectivity index (χ0v) is 13.5. The fourth-order valence-corrected chi connectivity index (χ4v) is 3.62. The average molecular weight is 281 g/mol. The lowest BCUT2D eigenvalue weighted by atomic mass is 9.85. The minimum atomic E-state index is 0.0338. The van der Waals surface area contributed by atoms with E-state index in [0.717, 1.165) is 18.9 Å². The summed E-state index contributed by atoms with van der Waals surface area (Å²) in [7, 11) is 4.12. The molecule has 0 bridgehead atoms. The first-order valence-electron chi connectivity index (χ1n) is 8.18. The molecule has 0 aromatic heterocycles. The molecule has 1 amide bonds. The van der Waals surface area contributed by atoms with Gasteiger partial charge in [-0.25, -0.2) is 0 Å². The molecule has 4 unspecified atom stereocenters. The Balaban J connectivity index is 1.87. The first kappa shape index (κ1) is 15.8. The van der Waals surface area contributed by atoms with Gasteiger partial charge in [-0.3, -0.25) is 4.79 Å². The van der Waals surface area contributed by atoms with Gasteiger partial charge in [0.1, 0.15) is 0 Å². The maximum Gasteiger partial charge on any atom is 0.237 e. The standard InChI is InChI=1S/C16H31N3O/c1-11(2)15(10-19(3)4)18-16(20)14-9-12-7-5-6-8-13(12)17-14/h11-15,17H,5-10H2,1-4H3,(H,18,20). The van der Waals surface area contributed by atoms with E-state index in [1.807, 2.05) is 0 Å². The van der Waals surface area contributed by atoms with Crippen molar-refractivity contribution in [3.63, 3.8) is 0 Å². The zero-order valence-electron chi connectivity index (χ0n) is 13.5. The third kappa shape index (κ3) is 3.95. The van der Waals surface area contributed by atoms with Gasteiger partial charge in [0, 0.05) is 18.6 Å². The molecule has 0 aromatic carbocycles. The summed E-state index contributed by atoms with van der Waals surface area (Å²) in [6.45, 7) is 5.26. The van der Waals surface area contributed by atoms with Gasteiger partial charge in [-0.1, -0.05) is 26.7 Å². The summed E-state index contributed by atoms with van der Waals surface area (Å²) in [6.07, 6.45) is 6.24. The van der Waals surface area contributed by atoms with E-state index >= 15 is 0 Å². The van der Waals surface area contributed by atoms with Crippen molar-refractivity contribution in [2.45, 2.75) is 64.1 Å². The van der Waals surface area contributed by atoms with E-state index in [4.69, 9.17) is 0 Å². The Morgan fingerprint density at radius 1 is 1.30 bits per heavy atom. The van der Waals surface area contributed by atoms with Crippen LogP contribution in [0.3, 0.4) is 0 Å². The lowest BCUT2D eigenvalue weighted by Gasteiger charge is -2.27. The molecule has 116 valence electrons. The molecule has 1 heterocycles. The van der Waals surface area contributed by atoms with Gasteiger partial charge in [0.15, 0.2) is 0 Å². The van der Waals surface area contributed by atoms with E-state index in [1.165, 1.54) is 25.7 Å². The molecule has 4 atom stereocenters.